The van der Waals surface area contributed by atoms with E-state index in [2.05, 4.69) is 20.9 Å². The Morgan fingerprint density at radius 2 is 1.64 bits per heavy atom. The lowest BCUT2D eigenvalue weighted by molar-refractivity contribution is -0.140. The van der Waals surface area contributed by atoms with Crippen LogP contribution in [0.15, 0.2) is 54.6 Å². The number of carbonyl (C=O) groups excluding carboxylic acids is 2. The van der Waals surface area contributed by atoms with Crippen molar-refractivity contribution in [3.8, 4) is 16.9 Å². The van der Waals surface area contributed by atoms with E-state index in [4.69, 9.17) is 17.0 Å². The van der Waals surface area contributed by atoms with E-state index in [1.807, 2.05) is 54.6 Å². The van der Waals surface area contributed by atoms with Crippen molar-refractivity contribution >= 4 is 29.2 Å². The summed E-state index contributed by atoms with van der Waals surface area (Å²) in [6, 6.07) is 17.5. The molecule has 8 heteroatoms. The highest BCUT2D eigenvalue weighted by molar-refractivity contribution is 7.80. The smallest absolute Gasteiger partial charge is 0.305 e. The molecule has 0 aliphatic carbocycles. The van der Waals surface area contributed by atoms with Crippen molar-refractivity contribution in [1.29, 1.82) is 0 Å². The Bertz CT molecular complexity index is 782. The maximum Gasteiger partial charge on any atom is 0.305 e. The maximum absolute atomic E-state index is 11.8. The Morgan fingerprint density at radius 1 is 0.964 bits per heavy atom. The SMILES string of the molecule is COC(=O)CCCNC(=S)NNC(=O)COc1ccc(-c2ccccc2)cc1. The van der Waals surface area contributed by atoms with Crippen molar-refractivity contribution in [2.45, 2.75) is 12.8 Å². The van der Waals surface area contributed by atoms with Crippen LogP contribution in [0, 0.1) is 0 Å². The van der Waals surface area contributed by atoms with E-state index < -0.39 is 0 Å². The van der Waals surface area contributed by atoms with Gasteiger partial charge in [-0.25, -0.2) is 0 Å². The first-order valence-corrected chi connectivity index (χ1v) is 9.17. The fourth-order valence-corrected chi connectivity index (χ4v) is 2.42. The van der Waals surface area contributed by atoms with Gasteiger partial charge in [0.15, 0.2) is 11.7 Å². The number of hydrogen-bond donors (Lipinski definition) is 3. The van der Waals surface area contributed by atoms with Crippen molar-refractivity contribution < 1.29 is 19.1 Å². The third-order valence-corrected chi connectivity index (χ3v) is 3.96. The highest BCUT2D eigenvalue weighted by atomic mass is 32.1. The first-order chi connectivity index (χ1) is 13.6. The van der Waals surface area contributed by atoms with Crippen LogP contribution in [0.4, 0.5) is 0 Å². The number of benzene rings is 2. The fourth-order valence-electron chi connectivity index (χ4n) is 2.27. The van der Waals surface area contributed by atoms with E-state index in [1.54, 1.807) is 0 Å². The molecule has 2 aromatic carbocycles. The van der Waals surface area contributed by atoms with Crippen LogP contribution in [-0.4, -0.2) is 37.3 Å². The van der Waals surface area contributed by atoms with Crippen LogP contribution in [0.2, 0.25) is 0 Å². The molecule has 0 radical (unpaired) electrons. The maximum atomic E-state index is 11.8. The minimum absolute atomic E-state index is 0.150. The van der Waals surface area contributed by atoms with Crippen molar-refractivity contribution in [2.75, 3.05) is 20.3 Å². The largest absolute Gasteiger partial charge is 0.484 e. The molecular weight excluding hydrogens is 378 g/mol. The number of ether oxygens (including phenoxy) is 2. The highest BCUT2D eigenvalue weighted by Gasteiger charge is 2.05. The Morgan fingerprint density at radius 3 is 2.32 bits per heavy atom. The predicted octanol–water partition coefficient (Wildman–Crippen LogP) is 2.18. The van der Waals surface area contributed by atoms with E-state index in [0.717, 1.165) is 11.1 Å². The number of esters is 1. The van der Waals surface area contributed by atoms with Crippen LogP contribution in [0.1, 0.15) is 12.8 Å². The molecule has 0 saturated heterocycles. The molecule has 0 atom stereocenters. The lowest BCUT2D eigenvalue weighted by Gasteiger charge is -2.12. The number of thiocarbonyl (C=S) groups is 1. The van der Waals surface area contributed by atoms with Gasteiger partial charge < -0.3 is 14.8 Å². The van der Waals surface area contributed by atoms with Crippen LogP contribution in [0.5, 0.6) is 5.75 Å². The van der Waals surface area contributed by atoms with Gasteiger partial charge in [-0.2, -0.15) is 0 Å². The summed E-state index contributed by atoms with van der Waals surface area (Å²) in [5, 5.41) is 3.13. The second-order valence-corrected chi connectivity index (χ2v) is 6.20. The van der Waals surface area contributed by atoms with Gasteiger partial charge in [0.2, 0.25) is 0 Å². The molecule has 2 aromatic rings. The average molecular weight is 401 g/mol. The zero-order valence-corrected chi connectivity index (χ0v) is 16.4. The van der Waals surface area contributed by atoms with Crippen LogP contribution < -0.4 is 20.9 Å². The van der Waals surface area contributed by atoms with E-state index in [-0.39, 0.29) is 23.6 Å². The van der Waals surface area contributed by atoms with Gasteiger partial charge in [0, 0.05) is 13.0 Å². The molecule has 0 aromatic heterocycles. The summed E-state index contributed by atoms with van der Waals surface area (Å²) < 4.78 is 10.0. The molecule has 0 aliphatic heterocycles. The molecule has 0 unspecified atom stereocenters. The molecule has 1 amide bonds. The number of hydrazine groups is 1. The van der Waals surface area contributed by atoms with Crippen molar-refractivity contribution in [2.24, 2.45) is 0 Å². The topological polar surface area (TPSA) is 88.7 Å². The molecule has 148 valence electrons. The summed E-state index contributed by atoms with van der Waals surface area (Å²) in [7, 11) is 1.34. The number of hydrogen-bond acceptors (Lipinski definition) is 5. The monoisotopic (exact) mass is 401 g/mol. The van der Waals surface area contributed by atoms with Crippen LogP contribution in [0.3, 0.4) is 0 Å². The number of amides is 1. The minimum Gasteiger partial charge on any atom is -0.484 e. The second-order valence-electron chi connectivity index (χ2n) is 5.79. The standard InChI is InChI=1S/C20H23N3O4S/c1-26-19(25)8-5-13-21-20(28)23-22-18(24)14-27-17-11-9-16(10-12-17)15-6-3-2-4-7-15/h2-4,6-7,9-12H,5,8,13-14H2,1H3,(H,22,24)(H2,21,23,28). The average Bonchev–Trinajstić information content (AvgIpc) is 2.74. The first-order valence-electron chi connectivity index (χ1n) is 8.76. The van der Waals surface area contributed by atoms with Crippen LogP contribution in [0.25, 0.3) is 11.1 Å². The van der Waals surface area contributed by atoms with Gasteiger partial charge >= 0.3 is 5.97 Å². The normalized spacial score (nSPS) is 9.89. The van der Waals surface area contributed by atoms with E-state index in [0.29, 0.717) is 25.1 Å². The Labute approximate surface area is 169 Å². The molecule has 0 aliphatic rings. The zero-order valence-electron chi connectivity index (χ0n) is 15.6. The Kier molecular flexibility index (Phi) is 8.74. The first kappa shape index (κ1) is 21.2. The summed E-state index contributed by atoms with van der Waals surface area (Å²) in [4.78, 5) is 22.8. The molecular formula is C20H23N3O4S. The molecule has 0 spiro atoms. The number of carbonyl (C=O) groups is 2. The van der Waals surface area contributed by atoms with Gasteiger partial charge in [-0.05, 0) is 41.9 Å². The predicted molar refractivity (Wildman–Crippen MR) is 111 cm³/mol. The molecule has 0 heterocycles. The fraction of sp³-hybridized carbons (Fsp3) is 0.250. The molecule has 28 heavy (non-hydrogen) atoms. The minimum atomic E-state index is -0.370. The van der Waals surface area contributed by atoms with Crippen molar-refractivity contribution in [3.63, 3.8) is 0 Å². The molecule has 3 N–H and O–H groups in total. The van der Waals surface area contributed by atoms with Gasteiger partial charge in [-0.3, -0.25) is 20.4 Å². The molecule has 0 saturated carbocycles. The van der Waals surface area contributed by atoms with Crippen LogP contribution >= 0.6 is 12.2 Å². The number of rotatable bonds is 8. The summed E-state index contributed by atoms with van der Waals surface area (Å²) in [5.74, 6) is -0.0490. The van der Waals surface area contributed by atoms with E-state index >= 15 is 0 Å². The third-order valence-electron chi connectivity index (χ3n) is 3.72. The summed E-state index contributed by atoms with van der Waals surface area (Å²) in [6.45, 7) is 0.337. The zero-order chi connectivity index (χ0) is 20.2. The van der Waals surface area contributed by atoms with E-state index in [9.17, 15) is 9.59 Å². The molecule has 2 rings (SSSR count). The van der Waals surface area contributed by atoms with Crippen molar-refractivity contribution in [3.05, 3.63) is 54.6 Å². The summed E-state index contributed by atoms with van der Waals surface area (Å²) in [6.07, 6.45) is 0.875. The Hall–Kier alpha value is -3.13. The number of nitrogens with one attached hydrogen (secondary N) is 3. The van der Waals surface area contributed by atoms with Gasteiger partial charge in [0.25, 0.3) is 5.91 Å². The van der Waals surface area contributed by atoms with E-state index in [1.165, 1.54) is 7.11 Å². The quantitative estimate of drug-likeness (QED) is 0.270. The molecule has 7 nitrogen and oxygen atoms in total. The third kappa shape index (κ3) is 7.63. The van der Waals surface area contributed by atoms with Crippen LogP contribution in [-0.2, 0) is 14.3 Å². The number of methoxy groups -OCH3 is 1. The van der Waals surface area contributed by atoms with Gasteiger partial charge in [0.1, 0.15) is 5.75 Å². The summed E-state index contributed by atoms with van der Waals surface area (Å²) in [5.41, 5.74) is 7.20. The van der Waals surface area contributed by atoms with Crippen molar-refractivity contribution in [1.82, 2.24) is 16.2 Å². The molecule has 0 bridgehead atoms. The highest BCUT2D eigenvalue weighted by Crippen LogP contribution is 2.21. The lowest BCUT2D eigenvalue weighted by atomic mass is 10.1. The lowest BCUT2D eigenvalue weighted by Crippen LogP contribution is -2.48. The Balaban J connectivity index is 1.64. The molecule has 0 fully saturated rings. The second kappa shape index (κ2) is 11.6. The van der Waals surface area contributed by atoms with Gasteiger partial charge in [-0.1, -0.05) is 42.5 Å². The summed E-state index contributed by atoms with van der Waals surface area (Å²) >= 11 is 5.02. The van der Waals surface area contributed by atoms with Gasteiger partial charge in [-0.15, -0.1) is 0 Å². The van der Waals surface area contributed by atoms with Gasteiger partial charge in [0.05, 0.1) is 7.11 Å².